The van der Waals surface area contributed by atoms with Crippen LogP contribution in [-0.2, 0) is 9.59 Å². The number of hydrogen-bond acceptors (Lipinski definition) is 6. The number of nitrogens with zero attached hydrogens (tertiary/aromatic N) is 3. The molecular formula is C13H9N5O3. The van der Waals surface area contributed by atoms with E-state index in [2.05, 4.69) is 15.2 Å². The fraction of sp³-hybridized carbons (Fsp3) is 0.0769. The second-order valence-electron chi connectivity index (χ2n) is 4.28. The minimum absolute atomic E-state index is 0.436. The third-order valence-electron chi connectivity index (χ3n) is 2.86. The molecular weight excluding hydrogens is 274 g/mol. The third-order valence-corrected chi connectivity index (χ3v) is 2.86. The Morgan fingerprint density at radius 3 is 2.48 bits per heavy atom. The minimum Gasteiger partial charge on any atom is -0.275 e. The van der Waals surface area contributed by atoms with E-state index in [0.29, 0.717) is 11.2 Å². The number of aromatic nitrogens is 1. The average molecular weight is 283 g/mol. The molecule has 1 aromatic heterocycles. The van der Waals surface area contributed by atoms with E-state index in [1.807, 2.05) is 22.8 Å². The standard InChI is InChI=1S/C13H9N5O3/c19-11-10(12(20)16-13(21)15-11)18-17-8-5-1-3-7-4-2-6-14-9(7)8/h1-6,10H,(H2,15,16,19,20,21). The summed E-state index contributed by atoms with van der Waals surface area (Å²) in [7, 11) is 0. The van der Waals surface area contributed by atoms with Crippen molar-refractivity contribution in [1.82, 2.24) is 15.6 Å². The van der Waals surface area contributed by atoms with Gasteiger partial charge in [0.05, 0.1) is 5.52 Å². The number of nitrogens with one attached hydrogen (secondary N) is 2. The molecule has 8 nitrogen and oxygen atoms in total. The number of amides is 4. The highest BCUT2D eigenvalue weighted by atomic mass is 16.2. The fourth-order valence-corrected chi connectivity index (χ4v) is 1.90. The summed E-state index contributed by atoms with van der Waals surface area (Å²) >= 11 is 0. The molecule has 0 unspecified atom stereocenters. The maximum absolute atomic E-state index is 11.5. The lowest BCUT2D eigenvalue weighted by Crippen LogP contribution is -2.57. The molecule has 1 aliphatic rings. The van der Waals surface area contributed by atoms with Crippen molar-refractivity contribution >= 4 is 34.4 Å². The van der Waals surface area contributed by atoms with Crippen molar-refractivity contribution in [2.45, 2.75) is 6.04 Å². The van der Waals surface area contributed by atoms with Gasteiger partial charge in [0.25, 0.3) is 11.8 Å². The molecule has 0 aliphatic carbocycles. The summed E-state index contributed by atoms with van der Waals surface area (Å²) in [6, 6.07) is 6.70. The number of imide groups is 2. The summed E-state index contributed by atoms with van der Waals surface area (Å²) in [4.78, 5) is 38.2. The Hall–Kier alpha value is -3.16. The van der Waals surface area contributed by atoms with Crippen molar-refractivity contribution in [3.63, 3.8) is 0 Å². The SMILES string of the molecule is O=C1NC(=O)C(N=Nc2cccc3cccnc23)C(=O)N1. The molecule has 0 bridgehead atoms. The number of benzene rings is 1. The minimum atomic E-state index is -1.39. The van der Waals surface area contributed by atoms with E-state index in [1.54, 1.807) is 24.4 Å². The largest absolute Gasteiger partial charge is 0.328 e. The Kier molecular flexibility index (Phi) is 3.11. The predicted octanol–water partition coefficient (Wildman–Crippen LogP) is 1.05. The molecule has 8 heteroatoms. The summed E-state index contributed by atoms with van der Waals surface area (Å²) in [5.41, 5.74) is 1.04. The van der Waals surface area contributed by atoms with Crippen LogP contribution in [0.25, 0.3) is 10.9 Å². The van der Waals surface area contributed by atoms with Gasteiger partial charge in [-0.1, -0.05) is 18.2 Å². The molecule has 1 fully saturated rings. The topological polar surface area (TPSA) is 113 Å². The molecule has 2 aromatic rings. The molecule has 0 radical (unpaired) electrons. The van der Waals surface area contributed by atoms with Crippen LogP contribution in [0.3, 0.4) is 0 Å². The molecule has 2 N–H and O–H groups in total. The van der Waals surface area contributed by atoms with E-state index in [9.17, 15) is 14.4 Å². The first-order valence-corrected chi connectivity index (χ1v) is 6.05. The number of hydrogen-bond donors (Lipinski definition) is 2. The van der Waals surface area contributed by atoms with E-state index in [0.717, 1.165) is 5.39 Å². The van der Waals surface area contributed by atoms with E-state index in [1.165, 1.54) is 0 Å². The van der Waals surface area contributed by atoms with Gasteiger partial charge in [0.15, 0.2) is 0 Å². The lowest BCUT2D eigenvalue weighted by Gasteiger charge is -2.16. The number of para-hydroxylation sites is 1. The zero-order chi connectivity index (χ0) is 14.8. The van der Waals surface area contributed by atoms with Crippen LogP contribution in [0, 0.1) is 0 Å². The van der Waals surface area contributed by atoms with Crippen LogP contribution >= 0.6 is 0 Å². The first-order chi connectivity index (χ1) is 10.1. The van der Waals surface area contributed by atoms with Gasteiger partial charge >= 0.3 is 6.03 Å². The van der Waals surface area contributed by atoms with Gasteiger partial charge in [-0.05, 0) is 12.1 Å². The Labute approximate surface area is 118 Å². The third kappa shape index (κ3) is 2.46. The molecule has 0 saturated carbocycles. The highest BCUT2D eigenvalue weighted by Gasteiger charge is 2.34. The number of fused-ring (bicyclic) bond motifs is 1. The van der Waals surface area contributed by atoms with Gasteiger partial charge in [0.1, 0.15) is 5.69 Å². The van der Waals surface area contributed by atoms with E-state index >= 15 is 0 Å². The summed E-state index contributed by atoms with van der Waals surface area (Å²) in [6.45, 7) is 0. The molecule has 21 heavy (non-hydrogen) atoms. The Bertz CT molecular complexity index is 761. The number of carbonyl (C=O) groups excluding carboxylic acids is 3. The smallest absolute Gasteiger partial charge is 0.275 e. The molecule has 0 spiro atoms. The normalized spacial score (nSPS) is 16.3. The zero-order valence-electron chi connectivity index (χ0n) is 10.6. The van der Waals surface area contributed by atoms with E-state index in [-0.39, 0.29) is 0 Å². The lowest BCUT2D eigenvalue weighted by molar-refractivity contribution is -0.131. The van der Waals surface area contributed by atoms with Gasteiger partial charge in [-0.3, -0.25) is 25.2 Å². The first-order valence-electron chi connectivity index (χ1n) is 6.05. The van der Waals surface area contributed by atoms with Crippen LogP contribution in [0.2, 0.25) is 0 Å². The summed E-state index contributed by atoms with van der Waals surface area (Å²) in [5, 5.41) is 12.4. The number of carbonyl (C=O) groups is 3. The zero-order valence-corrected chi connectivity index (χ0v) is 10.6. The van der Waals surface area contributed by atoms with Gasteiger partial charge < -0.3 is 0 Å². The van der Waals surface area contributed by atoms with Crippen molar-refractivity contribution in [3.8, 4) is 0 Å². The molecule has 1 aliphatic heterocycles. The highest BCUT2D eigenvalue weighted by Crippen LogP contribution is 2.24. The molecule has 2 heterocycles. The van der Waals surface area contributed by atoms with Crippen molar-refractivity contribution in [1.29, 1.82) is 0 Å². The van der Waals surface area contributed by atoms with Crippen LogP contribution in [0.4, 0.5) is 10.5 Å². The summed E-state index contributed by atoms with van der Waals surface area (Å²) in [5.74, 6) is -1.61. The van der Waals surface area contributed by atoms with E-state index < -0.39 is 23.9 Å². The molecule has 0 atom stereocenters. The Balaban J connectivity index is 1.93. The summed E-state index contributed by atoms with van der Waals surface area (Å²) in [6.07, 6.45) is 1.61. The van der Waals surface area contributed by atoms with Crippen LogP contribution < -0.4 is 10.6 Å². The Morgan fingerprint density at radius 2 is 1.71 bits per heavy atom. The van der Waals surface area contributed by atoms with Gasteiger partial charge in [-0.15, -0.1) is 0 Å². The van der Waals surface area contributed by atoms with Crippen molar-refractivity contribution in [2.75, 3.05) is 0 Å². The van der Waals surface area contributed by atoms with Crippen molar-refractivity contribution < 1.29 is 14.4 Å². The van der Waals surface area contributed by atoms with Crippen molar-refractivity contribution in [2.24, 2.45) is 10.2 Å². The van der Waals surface area contributed by atoms with Gasteiger partial charge in [-0.25, -0.2) is 4.79 Å². The number of rotatable bonds is 2. The van der Waals surface area contributed by atoms with E-state index in [4.69, 9.17) is 0 Å². The second-order valence-corrected chi connectivity index (χ2v) is 4.28. The summed E-state index contributed by atoms with van der Waals surface area (Å²) < 4.78 is 0. The van der Waals surface area contributed by atoms with Crippen molar-refractivity contribution in [3.05, 3.63) is 36.5 Å². The number of azo groups is 1. The molecule has 4 amide bonds. The molecule has 1 saturated heterocycles. The molecule has 3 rings (SSSR count). The monoisotopic (exact) mass is 283 g/mol. The lowest BCUT2D eigenvalue weighted by atomic mass is 10.2. The second kappa shape index (κ2) is 5.08. The van der Waals surface area contributed by atoms with Crippen LogP contribution in [0.1, 0.15) is 0 Å². The number of pyridine rings is 1. The van der Waals surface area contributed by atoms with Gasteiger partial charge in [0.2, 0.25) is 6.04 Å². The number of barbiturate groups is 1. The molecule has 104 valence electrons. The van der Waals surface area contributed by atoms with Crippen LogP contribution in [-0.4, -0.2) is 28.9 Å². The maximum atomic E-state index is 11.5. The highest BCUT2D eigenvalue weighted by molar-refractivity contribution is 6.18. The van der Waals surface area contributed by atoms with Crippen LogP contribution in [0.5, 0.6) is 0 Å². The quantitative estimate of drug-likeness (QED) is 0.633. The maximum Gasteiger partial charge on any atom is 0.328 e. The van der Waals surface area contributed by atoms with Crippen LogP contribution in [0.15, 0.2) is 46.8 Å². The molecule has 1 aromatic carbocycles. The first kappa shape index (κ1) is 12.9. The van der Waals surface area contributed by atoms with Gasteiger partial charge in [-0.2, -0.15) is 10.2 Å². The number of urea groups is 1. The average Bonchev–Trinajstić information content (AvgIpc) is 2.46. The Morgan fingerprint density at radius 1 is 1.00 bits per heavy atom. The fourth-order valence-electron chi connectivity index (χ4n) is 1.90. The predicted molar refractivity (Wildman–Crippen MR) is 71.7 cm³/mol. The van der Waals surface area contributed by atoms with Gasteiger partial charge in [0, 0.05) is 11.6 Å².